The van der Waals surface area contributed by atoms with Gasteiger partial charge in [0.2, 0.25) is 0 Å². The summed E-state index contributed by atoms with van der Waals surface area (Å²) >= 11 is 0. The van der Waals surface area contributed by atoms with Gasteiger partial charge in [-0.25, -0.2) is 0 Å². The number of nitrogens with zero attached hydrogens (tertiary/aromatic N) is 1. The Balaban J connectivity index is 1.45. The van der Waals surface area contributed by atoms with Crippen molar-refractivity contribution in [2.75, 3.05) is 7.05 Å². The van der Waals surface area contributed by atoms with E-state index in [9.17, 15) is 0 Å². The second kappa shape index (κ2) is 4.55. The zero-order chi connectivity index (χ0) is 14.0. The molecule has 4 aliphatic rings. The quantitative estimate of drug-likeness (QED) is 0.919. The van der Waals surface area contributed by atoms with Crippen LogP contribution < -0.4 is 5.32 Å². The molecule has 6 atom stereocenters. The maximum atomic E-state index is 4.79. The molecule has 1 heterocycles. The van der Waals surface area contributed by atoms with Gasteiger partial charge >= 0.3 is 0 Å². The van der Waals surface area contributed by atoms with E-state index in [4.69, 9.17) is 4.98 Å². The molecule has 21 heavy (non-hydrogen) atoms. The second-order valence-electron chi connectivity index (χ2n) is 7.93. The number of fused-ring (bicyclic) bond motifs is 6. The van der Waals surface area contributed by atoms with Gasteiger partial charge in [-0.15, -0.1) is 0 Å². The van der Waals surface area contributed by atoms with Crippen LogP contribution >= 0.6 is 0 Å². The van der Waals surface area contributed by atoms with E-state index in [0.29, 0.717) is 12.0 Å². The van der Waals surface area contributed by atoms with Gasteiger partial charge in [0.05, 0.1) is 0 Å². The number of nitrogens with one attached hydrogen (secondary N) is 1. The molecule has 0 aromatic carbocycles. The van der Waals surface area contributed by atoms with Crippen molar-refractivity contribution in [2.24, 2.45) is 29.6 Å². The molecule has 2 nitrogen and oxygen atoms in total. The van der Waals surface area contributed by atoms with Crippen molar-refractivity contribution < 1.29 is 0 Å². The number of rotatable bonds is 3. The minimum Gasteiger partial charge on any atom is -0.316 e. The number of pyridine rings is 1. The maximum Gasteiger partial charge on any atom is 0.0482 e. The van der Waals surface area contributed by atoms with Crippen molar-refractivity contribution in [3.8, 4) is 0 Å². The molecule has 0 spiro atoms. The standard InChI is InChI=1S/C19H26N2/c1-20-19(17-15-12-7-8-13(10-12)16(15)17)14-6-2-4-11-5-3-9-21-18(11)14/h3,5,9,12-17,19-20H,2,4,6-8,10H2,1H3. The Morgan fingerprint density at radius 2 is 2.00 bits per heavy atom. The molecule has 4 aliphatic carbocycles. The lowest BCUT2D eigenvalue weighted by Gasteiger charge is -2.33. The fraction of sp³-hybridized carbons (Fsp3) is 0.737. The van der Waals surface area contributed by atoms with Gasteiger partial charge in [-0.2, -0.15) is 0 Å². The molecule has 2 bridgehead atoms. The lowest BCUT2D eigenvalue weighted by molar-refractivity contribution is 0.313. The molecule has 3 saturated carbocycles. The number of likely N-dealkylation sites (N-methyl/N-ethyl adjacent to an activating group) is 1. The van der Waals surface area contributed by atoms with E-state index in [0.717, 1.165) is 29.6 Å². The van der Waals surface area contributed by atoms with Crippen LogP contribution in [0.15, 0.2) is 18.3 Å². The fourth-order valence-corrected chi connectivity index (χ4v) is 6.53. The van der Waals surface area contributed by atoms with E-state index >= 15 is 0 Å². The summed E-state index contributed by atoms with van der Waals surface area (Å²) in [5, 5.41) is 3.73. The highest BCUT2D eigenvalue weighted by atomic mass is 14.9. The van der Waals surface area contributed by atoms with E-state index in [2.05, 4.69) is 24.5 Å². The number of aromatic nitrogens is 1. The normalized spacial score (nSPS) is 44.2. The van der Waals surface area contributed by atoms with Gasteiger partial charge in [0.25, 0.3) is 0 Å². The Labute approximate surface area is 127 Å². The summed E-state index contributed by atoms with van der Waals surface area (Å²) in [6.45, 7) is 0. The monoisotopic (exact) mass is 282 g/mol. The second-order valence-corrected chi connectivity index (χ2v) is 7.93. The summed E-state index contributed by atoms with van der Waals surface area (Å²) in [5.41, 5.74) is 2.93. The van der Waals surface area contributed by atoms with E-state index in [1.165, 1.54) is 43.4 Å². The van der Waals surface area contributed by atoms with Gasteiger partial charge in [0.1, 0.15) is 0 Å². The van der Waals surface area contributed by atoms with Gasteiger partial charge in [-0.3, -0.25) is 4.98 Å². The maximum absolute atomic E-state index is 4.79. The number of hydrogen-bond donors (Lipinski definition) is 1. The predicted molar refractivity (Wildman–Crippen MR) is 84.1 cm³/mol. The van der Waals surface area contributed by atoms with Crippen molar-refractivity contribution in [3.63, 3.8) is 0 Å². The van der Waals surface area contributed by atoms with Gasteiger partial charge in [0.15, 0.2) is 0 Å². The van der Waals surface area contributed by atoms with Crippen LogP contribution in [0.2, 0.25) is 0 Å². The highest BCUT2D eigenvalue weighted by molar-refractivity contribution is 5.29. The van der Waals surface area contributed by atoms with E-state index in [1.54, 1.807) is 6.42 Å². The van der Waals surface area contributed by atoms with Crippen molar-refractivity contribution >= 4 is 0 Å². The molecule has 5 rings (SSSR count). The lowest BCUT2D eigenvalue weighted by atomic mass is 9.78. The summed E-state index contributed by atoms with van der Waals surface area (Å²) in [5.74, 6) is 5.90. The first kappa shape index (κ1) is 12.6. The zero-order valence-electron chi connectivity index (χ0n) is 13.0. The van der Waals surface area contributed by atoms with E-state index < -0.39 is 0 Å². The minimum absolute atomic E-state index is 0.662. The summed E-state index contributed by atoms with van der Waals surface area (Å²) in [6, 6.07) is 5.10. The smallest absolute Gasteiger partial charge is 0.0482 e. The van der Waals surface area contributed by atoms with Gasteiger partial charge in [0, 0.05) is 23.9 Å². The first-order valence-corrected chi connectivity index (χ1v) is 8.99. The Kier molecular flexibility index (Phi) is 2.74. The third kappa shape index (κ3) is 1.72. The summed E-state index contributed by atoms with van der Waals surface area (Å²) < 4.78 is 0. The predicted octanol–water partition coefficient (Wildman–Crippen LogP) is 3.38. The van der Waals surface area contributed by atoms with Crippen molar-refractivity contribution in [1.82, 2.24) is 10.3 Å². The number of hydrogen-bond acceptors (Lipinski definition) is 2. The highest BCUT2D eigenvalue weighted by Crippen LogP contribution is 2.71. The van der Waals surface area contributed by atoms with Crippen LogP contribution in [-0.2, 0) is 6.42 Å². The van der Waals surface area contributed by atoms with Crippen molar-refractivity contribution in [2.45, 2.75) is 50.5 Å². The van der Waals surface area contributed by atoms with E-state index in [-0.39, 0.29) is 0 Å². The van der Waals surface area contributed by atoms with Crippen molar-refractivity contribution in [1.29, 1.82) is 0 Å². The molecule has 2 heteroatoms. The van der Waals surface area contributed by atoms with Crippen LogP contribution in [0.3, 0.4) is 0 Å². The third-order valence-electron chi connectivity index (χ3n) is 7.21. The Morgan fingerprint density at radius 3 is 2.76 bits per heavy atom. The summed E-state index contributed by atoms with van der Waals surface area (Å²) in [6.07, 6.45) is 10.5. The molecule has 112 valence electrons. The lowest BCUT2D eigenvalue weighted by Crippen LogP contribution is -2.38. The summed E-state index contributed by atoms with van der Waals surface area (Å²) in [7, 11) is 2.19. The van der Waals surface area contributed by atoms with Gasteiger partial charge in [-0.05, 0) is 86.8 Å². The van der Waals surface area contributed by atoms with Crippen LogP contribution in [0.5, 0.6) is 0 Å². The molecule has 0 aliphatic heterocycles. The number of aryl methyl sites for hydroxylation is 1. The van der Waals surface area contributed by atoms with Crippen LogP contribution in [0.4, 0.5) is 0 Å². The minimum atomic E-state index is 0.662. The molecule has 0 saturated heterocycles. The topological polar surface area (TPSA) is 24.9 Å². The molecule has 6 unspecified atom stereocenters. The first-order valence-electron chi connectivity index (χ1n) is 8.99. The Bertz CT molecular complexity index is 538. The van der Waals surface area contributed by atoms with Gasteiger partial charge < -0.3 is 5.32 Å². The molecule has 1 N–H and O–H groups in total. The Morgan fingerprint density at radius 1 is 1.19 bits per heavy atom. The van der Waals surface area contributed by atoms with Crippen LogP contribution in [-0.4, -0.2) is 18.1 Å². The third-order valence-corrected chi connectivity index (χ3v) is 7.21. The average molecular weight is 282 g/mol. The molecule has 3 fully saturated rings. The molecule has 1 aromatic heterocycles. The van der Waals surface area contributed by atoms with Crippen molar-refractivity contribution in [3.05, 3.63) is 29.6 Å². The molecule has 1 aromatic rings. The van der Waals surface area contributed by atoms with Gasteiger partial charge in [-0.1, -0.05) is 6.07 Å². The fourth-order valence-electron chi connectivity index (χ4n) is 6.53. The van der Waals surface area contributed by atoms with Crippen LogP contribution in [0, 0.1) is 29.6 Å². The van der Waals surface area contributed by atoms with Crippen LogP contribution in [0.25, 0.3) is 0 Å². The summed E-state index contributed by atoms with van der Waals surface area (Å²) in [4.78, 5) is 4.79. The average Bonchev–Trinajstić information content (AvgIpc) is 2.94. The molecule has 0 radical (unpaired) electrons. The SMILES string of the molecule is CNC(C1CCCc2cccnc21)C1C2C3CCC(C3)C21. The Hall–Kier alpha value is -0.890. The van der Waals surface area contributed by atoms with Crippen LogP contribution in [0.1, 0.15) is 49.3 Å². The zero-order valence-corrected chi connectivity index (χ0v) is 13.0. The first-order chi connectivity index (χ1) is 10.4. The van der Waals surface area contributed by atoms with E-state index in [1.807, 2.05) is 6.20 Å². The highest BCUT2D eigenvalue weighted by Gasteiger charge is 2.67. The molecular formula is C19H26N2. The largest absolute Gasteiger partial charge is 0.316 e. The molecular weight excluding hydrogens is 256 g/mol. The molecule has 0 amide bonds.